The second kappa shape index (κ2) is 8.83. The fraction of sp³-hybridized carbons (Fsp3) is 0.435. The SMILES string of the molecule is COc1ccc(C(=O)N2CC[NH+](Cc3ccc4c(c3)CCO4)CC2)c(OC)c1OC. The van der Waals surface area contributed by atoms with Gasteiger partial charge in [0, 0.05) is 12.0 Å². The molecule has 7 nitrogen and oxygen atoms in total. The molecule has 2 heterocycles. The summed E-state index contributed by atoms with van der Waals surface area (Å²) in [6.07, 6.45) is 0.994. The second-order valence-electron chi connectivity index (χ2n) is 7.64. The van der Waals surface area contributed by atoms with Gasteiger partial charge in [0.15, 0.2) is 11.5 Å². The van der Waals surface area contributed by atoms with Crippen molar-refractivity contribution in [1.29, 1.82) is 0 Å². The maximum Gasteiger partial charge on any atom is 0.258 e. The molecule has 1 saturated heterocycles. The Morgan fingerprint density at radius 2 is 1.80 bits per heavy atom. The molecule has 160 valence electrons. The molecule has 0 unspecified atom stereocenters. The number of methoxy groups -OCH3 is 3. The van der Waals surface area contributed by atoms with Crippen LogP contribution in [0.4, 0.5) is 0 Å². The van der Waals surface area contributed by atoms with Crippen molar-refractivity contribution in [3.8, 4) is 23.0 Å². The number of benzene rings is 2. The number of rotatable bonds is 6. The fourth-order valence-electron chi connectivity index (χ4n) is 4.28. The van der Waals surface area contributed by atoms with Gasteiger partial charge < -0.3 is 28.7 Å². The van der Waals surface area contributed by atoms with Gasteiger partial charge >= 0.3 is 0 Å². The smallest absolute Gasteiger partial charge is 0.258 e. The number of hydrogen-bond acceptors (Lipinski definition) is 5. The number of ether oxygens (including phenoxy) is 4. The molecule has 1 N–H and O–H groups in total. The summed E-state index contributed by atoms with van der Waals surface area (Å²) in [6.45, 7) is 4.99. The van der Waals surface area contributed by atoms with Crippen molar-refractivity contribution in [1.82, 2.24) is 4.90 Å². The van der Waals surface area contributed by atoms with Crippen molar-refractivity contribution in [2.75, 3.05) is 54.1 Å². The number of piperazine rings is 1. The van der Waals surface area contributed by atoms with E-state index in [1.54, 1.807) is 26.4 Å². The highest BCUT2D eigenvalue weighted by atomic mass is 16.5. The Morgan fingerprint density at radius 1 is 1.03 bits per heavy atom. The van der Waals surface area contributed by atoms with Gasteiger partial charge in [0.05, 0.1) is 59.7 Å². The topological polar surface area (TPSA) is 61.7 Å². The van der Waals surface area contributed by atoms with Crippen LogP contribution in [0.15, 0.2) is 30.3 Å². The molecule has 2 aromatic rings. The van der Waals surface area contributed by atoms with Crippen LogP contribution in [-0.4, -0.2) is 64.9 Å². The highest BCUT2D eigenvalue weighted by Gasteiger charge is 2.29. The first-order valence-corrected chi connectivity index (χ1v) is 10.3. The first-order valence-electron chi connectivity index (χ1n) is 10.3. The number of carbonyl (C=O) groups is 1. The van der Waals surface area contributed by atoms with Crippen LogP contribution >= 0.6 is 0 Å². The first-order chi connectivity index (χ1) is 14.6. The molecule has 7 heteroatoms. The molecular weight excluding hydrogens is 384 g/mol. The number of hydrogen-bond donors (Lipinski definition) is 1. The summed E-state index contributed by atoms with van der Waals surface area (Å²) < 4.78 is 21.8. The van der Waals surface area contributed by atoms with Crippen molar-refractivity contribution in [3.05, 3.63) is 47.0 Å². The third-order valence-corrected chi connectivity index (χ3v) is 5.90. The number of nitrogens with zero attached hydrogens (tertiary/aromatic N) is 1. The van der Waals surface area contributed by atoms with Gasteiger partial charge in [0.2, 0.25) is 5.75 Å². The number of quaternary nitrogens is 1. The number of fused-ring (bicyclic) bond motifs is 1. The van der Waals surface area contributed by atoms with Gasteiger partial charge in [0.25, 0.3) is 5.91 Å². The van der Waals surface area contributed by atoms with Crippen LogP contribution in [0.2, 0.25) is 0 Å². The zero-order valence-corrected chi connectivity index (χ0v) is 17.8. The Bertz CT molecular complexity index is 922. The number of carbonyl (C=O) groups excluding carboxylic acids is 1. The first kappa shape index (κ1) is 20.3. The van der Waals surface area contributed by atoms with Crippen LogP contribution in [0.3, 0.4) is 0 Å². The van der Waals surface area contributed by atoms with Crippen LogP contribution in [0.25, 0.3) is 0 Å². The minimum Gasteiger partial charge on any atom is -0.493 e. The van der Waals surface area contributed by atoms with E-state index in [4.69, 9.17) is 18.9 Å². The molecule has 0 aromatic heterocycles. The maximum atomic E-state index is 13.2. The van der Waals surface area contributed by atoms with Gasteiger partial charge in [0.1, 0.15) is 12.3 Å². The van der Waals surface area contributed by atoms with Gasteiger partial charge in [-0.15, -0.1) is 0 Å². The van der Waals surface area contributed by atoms with Crippen LogP contribution in [0.5, 0.6) is 23.0 Å². The fourth-order valence-corrected chi connectivity index (χ4v) is 4.28. The second-order valence-corrected chi connectivity index (χ2v) is 7.64. The van der Waals surface area contributed by atoms with E-state index in [2.05, 4.69) is 18.2 Å². The largest absolute Gasteiger partial charge is 0.493 e. The van der Waals surface area contributed by atoms with Crippen molar-refractivity contribution in [2.24, 2.45) is 0 Å². The minimum absolute atomic E-state index is 0.0402. The third kappa shape index (κ3) is 3.89. The quantitative estimate of drug-likeness (QED) is 0.771. The number of nitrogens with one attached hydrogen (secondary N) is 1. The Hall–Kier alpha value is -2.93. The molecule has 0 atom stereocenters. The van der Waals surface area contributed by atoms with Crippen LogP contribution in [0, 0.1) is 0 Å². The van der Waals surface area contributed by atoms with Gasteiger partial charge in [-0.05, 0) is 35.9 Å². The Balaban J connectivity index is 1.41. The molecule has 2 aliphatic heterocycles. The van der Waals surface area contributed by atoms with E-state index < -0.39 is 0 Å². The molecule has 2 aliphatic rings. The molecule has 0 bridgehead atoms. The molecule has 30 heavy (non-hydrogen) atoms. The molecule has 0 spiro atoms. The van der Waals surface area contributed by atoms with Crippen LogP contribution < -0.4 is 23.8 Å². The zero-order valence-electron chi connectivity index (χ0n) is 17.8. The summed E-state index contributed by atoms with van der Waals surface area (Å²) in [5, 5.41) is 0. The lowest BCUT2D eigenvalue weighted by molar-refractivity contribution is -0.917. The minimum atomic E-state index is -0.0402. The third-order valence-electron chi connectivity index (χ3n) is 5.90. The van der Waals surface area contributed by atoms with E-state index in [1.165, 1.54) is 23.1 Å². The van der Waals surface area contributed by atoms with Gasteiger partial charge in [-0.25, -0.2) is 0 Å². The average molecular weight is 413 g/mol. The maximum absolute atomic E-state index is 13.2. The van der Waals surface area contributed by atoms with Crippen molar-refractivity contribution in [2.45, 2.75) is 13.0 Å². The summed E-state index contributed by atoms with van der Waals surface area (Å²) >= 11 is 0. The lowest BCUT2D eigenvalue weighted by Gasteiger charge is -2.32. The highest BCUT2D eigenvalue weighted by molar-refractivity contribution is 5.98. The molecule has 4 rings (SSSR count). The van der Waals surface area contributed by atoms with E-state index in [-0.39, 0.29) is 5.91 Å². The Labute approximate surface area is 177 Å². The van der Waals surface area contributed by atoms with Crippen LogP contribution in [0.1, 0.15) is 21.5 Å². The van der Waals surface area contributed by atoms with E-state index in [1.807, 2.05) is 4.90 Å². The van der Waals surface area contributed by atoms with Gasteiger partial charge in [-0.1, -0.05) is 0 Å². The van der Waals surface area contributed by atoms with Gasteiger partial charge in [-0.2, -0.15) is 0 Å². The monoisotopic (exact) mass is 413 g/mol. The van der Waals surface area contributed by atoms with Crippen molar-refractivity contribution in [3.63, 3.8) is 0 Å². The highest BCUT2D eigenvalue weighted by Crippen LogP contribution is 2.40. The number of amides is 1. The normalized spacial score (nSPS) is 16.0. The average Bonchev–Trinajstić information content (AvgIpc) is 3.26. The molecular formula is C23H29N2O5+. The predicted molar refractivity (Wildman–Crippen MR) is 112 cm³/mol. The summed E-state index contributed by atoms with van der Waals surface area (Å²) in [5.41, 5.74) is 3.13. The predicted octanol–water partition coefficient (Wildman–Crippen LogP) is 1.19. The lowest BCUT2D eigenvalue weighted by atomic mass is 10.1. The zero-order chi connectivity index (χ0) is 21.1. The van der Waals surface area contributed by atoms with E-state index in [0.29, 0.717) is 35.9 Å². The molecule has 0 radical (unpaired) electrons. The summed E-state index contributed by atoms with van der Waals surface area (Å²) in [5.74, 6) is 2.38. The molecule has 0 saturated carbocycles. The van der Waals surface area contributed by atoms with E-state index in [0.717, 1.165) is 38.4 Å². The Morgan fingerprint density at radius 3 is 2.50 bits per heavy atom. The van der Waals surface area contributed by atoms with Gasteiger partial charge in [-0.3, -0.25) is 4.79 Å². The summed E-state index contributed by atoms with van der Waals surface area (Å²) in [7, 11) is 4.65. The molecule has 1 fully saturated rings. The van der Waals surface area contributed by atoms with Crippen LogP contribution in [-0.2, 0) is 13.0 Å². The summed E-state index contributed by atoms with van der Waals surface area (Å²) in [4.78, 5) is 16.5. The van der Waals surface area contributed by atoms with E-state index in [9.17, 15) is 4.79 Å². The Kier molecular flexibility index (Phi) is 5.99. The van der Waals surface area contributed by atoms with Crippen molar-refractivity contribution >= 4 is 5.91 Å². The summed E-state index contributed by atoms with van der Waals surface area (Å²) in [6, 6.07) is 9.99. The lowest BCUT2D eigenvalue weighted by Crippen LogP contribution is -3.13. The molecule has 1 amide bonds. The van der Waals surface area contributed by atoms with Crippen molar-refractivity contribution < 1.29 is 28.6 Å². The van der Waals surface area contributed by atoms with E-state index >= 15 is 0 Å². The molecule has 0 aliphatic carbocycles. The molecule has 2 aromatic carbocycles. The standard InChI is InChI=1S/C23H28N2O5/c1-27-20-7-5-18(21(28-2)22(20)29-3)23(26)25-11-9-24(10-12-25)15-16-4-6-19-17(14-16)8-13-30-19/h4-7,14H,8-13,15H2,1-3H3/p+1.